The molecule has 2 N–H and O–H groups in total. The SMILES string of the molecule is Cc1nc(C(C)C)sc1C(=O)NCCc1c[nH]c2ccccc12. The molecule has 0 bridgehead atoms. The van der Waals surface area contributed by atoms with Gasteiger partial charge in [0, 0.05) is 29.6 Å². The van der Waals surface area contributed by atoms with Gasteiger partial charge in [0.15, 0.2) is 0 Å². The molecule has 2 heterocycles. The summed E-state index contributed by atoms with van der Waals surface area (Å²) in [5.74, 6) is 0.332. The molecule has 3 aromatic rings. The number of nitrogens with zero attached hydrogens (tertiary/aromatic N) is 1. The molecule has 0 fully saturated rings. The van der Waals surface area contributed by atoms with E-state index in [-0.39, 0.29) is 5.91 Å². The molecular weight excluding hydrogens is 306 g/mol. The number of carbonyl (C=O) groups excluding carboxylic acids is 1. The third-order valence-electron chi connectivity index (χ3n) is 3.87. The Labute approximate surface area is 140 Å². The molecule has 0 aliphatic rings. The van der Waals surface area contributed by atoms with Gasteiger partial charge in [-0.1, -0.05) is 32.0 Å². The summed E-state index contributed by atoms with van der Waals surface area (Å²) in [5.41, 5.74) is 3.18. The van der Waals surface area contributed by atoms with Crippen LogP contribution in [0.2, 0.25) is 0 Å². The summed E-state index contributed by atoms with van der Waals surface area (Å²) in [6, 6.07) is 8.21. The van der Waals surface area contributed by atoms with Crippen LogP contribution in [-0.2, 0) is 6.42 Å². The van der Waals surface area contributed by atoms with Gasteiger partial charge in [0.1, 0.15) is 4.88 Å². The number of aryl methyl sites for hydroxylation is 1. The van der Waals surface area contributed by atoms with E-state index in [4.69, 9.17) is 0 Å². The van der Waals surface area contributed by atoms with Gasteiger partial charge in [-0.2, -0.15) is 0 Å². The molecule has 23 heavy (non-hydrogen) atoms. The first-order valence-corrected chi connectivity index (χ1v) is 8.68. The molecule has 0 radical (unpaired) electrons. The Kier molecular flexibility index (Phi) is 4.48. The van der Waals surface area contributed by atoms with Gasteiger partial charge in [-0.05, 0) is 25.0 Å². The fourth-order valence-corrected chi connectivity index (χ4v) is 3.59. The molecule has 1 amide bonds. The first kappa shape index (κ1) is 15.7. The predicted molar refractivity (Wildman–Crippen MR) is 95.3 cm³/mol. The minimum atomic E-state index is -0.0215. The van der Waals surface area contributed by atoms with E-state index < -0.39 is 0 Å². The summed E-state index contributed by atoms with van der Waals surface area (Å²) in [7, 11) is 0. The average Bonchev–Trinajstić information content (AvgIpc) is 3.11. The molecule has 4 nitrogen and oxygen atoms in total. The molecule has 0 spiro atoms. The highest BCUT2D eigenvalue weighted by atomic mass is 32.1. The fraction of sp³-hybridized carbons (Fsp3) is 0.333. The maximum Gasteiger partial charge on any atom is 0.263 e. The first-order chi connectivity index (χ1) is 11.1. The number of hydrogen-bond donors (Lipinski definition) is 2. The first-order valence-electron chi connectivity index (χ1n) is 7.86. The summed E-state index contributed by atoms with van der Waals surface area (Å²) in [5, 5.41) is 5.25. The second kappa shape index (κ2) is 6.54. The number of fused-ring (bicyclic) bond motifs is 1. The maximum atomic E-state index is 12.3. The van der Waals surface area contributed by atoms with Gasteiger partial charge in [0.25, 0.3) is 5.91 Å². The van der Waals surface area contributed by atoms with Crippen LogP contribution < -0.4 is 5.32 Å². The van der Waals surface area contributed by atoms with Crippen molar-refractivity contribution in [1.82, 2.24) is 15.3 Å². The molecule has 0 aliphatic carbocycles. The van der Waals surface area contributed by atoms with Crippen molar-refractivity contribution < 1.29 is 4.79 Å². The van der Waals surface area contributed by atoms with Crippen LogP contribution in [-0.4, -0.2) is 22.4 Å². The lowest BCUT2D eigenvalue weighted by molar-refractivity contribution is 0.0957. The third kappa shape index (κ3) is 3.29. The zero-order chi connectivity index (χ0) is 16.4. The number of rotatable bonds is 5. The van der Waals surface area contributed by atoms with Crippen LogP contribution >= 0.6 is 11.3 Å². The molecule has 120 valence electrons. The monoisotopic (exact) mass is 327 g/mol. The minimum absolute atomic E-state index is 0.0215. The fourth-order valence-electron chi connectivity index (χ4n) is 2.60. The van der Waals surface area contributed by atoms with E-state index in [1.54, 1.807) is 0 Å². The molecule has 2 aromatic heterocycles. The van der Waals surface area contributed by atoms with Crippen molar-refractivity contribution in [2.24, 2.45) is 0 Å². The van der Waals surface area contributed by atoms with Gasteiger partial charge in [0.05, 0.1) is 10.7 Å². The molecule has 0 aliphatic heterocycles. The number of amides is 1. The van der Waals surface area contributed by atoms with Gasteiger partial charge < -0.3 is 10.3 Å². The van der Waals surface area contributed by atoms with Gasteiger partial charge in [-0.3, -0.25) is 4.79 Å². The Morgan fingerprint density at radius 1 is 1.35 bits per heavy atom. The smallest absolute Gasteiger partial charge is 0.263 e. The number of nitrogens with one attached hydrogen (secondary N) is 2. The van der Waals surface area contributed by atoms with Crippen LogP contribution in [0.15, 0.2) is 30.5 Å². The highest BCUT2D eigenvalue weighted by molar-refractivity contribution is 7.13. The number of thiazole rings is 1. The Morgan fingerprint density at radius 2 is 2.13 bits per heavy atom. The number of H-pyrrole nitrogens is 1. The number of aromatic nitrogens is 2. The zero-order valence-corrected chi connectivity index (χ0v) is 14.5. The second-order valence-corrected chi connectivity index (χ2v) is 7.02. The zero-order valence-electron chi connectivity index (χ0n) is 13.6. The van der Waals surface area contributed by atoms with Crippen LogP contribution in [0.25, 0.3) is 10.9 Å². The van der Waals surface area contributed by atoms with Crippen molar-refractivity contribution in [3.8, 4) is 0 Å². The van der Waals surface area contributed by atoms with E-state index >= 15 is 0 Å². The van der Waals surface area contributed by atoms with Gasteiger partial charge in [0.2, 0.25) is 0 Å². The lowest BCUT2D eigenvalue weighted by Gasteiger charge is -2.03. The Bertz CT molecular complexity index is 832. The molecule has 0 atom stereocenters. The van der Waals surface area contributed by atoms with E-state index in [9.17, 15) is 4.79 Å². The predicted octanol–water partition coefficient (Wildman–Crippen LogP) is 4.03. The van der Waals surface area contributed by atoms with E-state index in [1.165, 1.54) is 22.3 Å². The van der Waals surface area contributed by atoms with Crippen molar-refractivity contribution in [2.75, 3.05) is 6.54 Å². The lowest BCUT2D eigenvalue weighted by Crippen LogP contribution is -2.25. The van der Waals surface area contributed by atoms with E-state index in [0.29, 0.717) is 12.5 Å². The summed E-state index contributed by atoms with van der Waals surface area (Å²) < 4.78 is 0. The average molecular weight is 327 g/mol. The second-order valence-electron chi connectivity index (χ2n) is 5.99. The van der Waals surface area contributed by atoms with Crippen molar-refractivity contribution in [3.63, 3.8) is 0 Å². The van der Waals surface area contributed by atoms with Crippen molar-refractivity contribution in [2.45, 2.75) is 33.1 Å². The normalized spacial score (nSPS) is 11.3. The standard InChI is InChI=1S/C18H21N3OS/c1-11(2)18-21-12(3)16(23-18)17(22)19-9-8-13-10-20-15-7-5-4-6-14(13)15/h4-7,10-11,20H,8-9H2,1-3H3,(H,19,22). The highest BCUT2D eigenvalue weighted by Crippen LogP contribution is 2.24. The van der Waals surface area contributed by atoms with Crippen molar-refractivity contribution in [1.29, 1.82) is 0 Å². The Balaban J connectivity index is 1.63. The summed E-state index contributed by atoms with van der Waals surface area (Å²) in [4.78, 5) is 20.8. The Hall–Kier alpha value is -2.14. The molecule has 0 saturated carbocycles. The lowest BCUT2D eigenvalue weighted by atomic mass is 10.1. The number of hydrogen-bond acceptors (Lipinski definition) is 3. The summed E-state index contributed by atoms with van der Waals surface area (Å²) >= 11 is 1.50. The highest BCUT2D eigenvalue weighted by Gasteiger charge is 2.16. The molecule has 1 aromatic carbocycles. The van der Waals surface area contributed by atoms with E-state index in [2.05, 4.69) is 41.3 Å². The molecule has 3 rings (SSSR count). The van der Waals surface area contributed by atoms with Gasteiger partial charge in [-0.25, -0.2) is 4.98 Å². The van der Waals surface area contributed by atoms with Crippen LogP contribution in [0.5, 0.6) is 0 Å². The van der Waals surface area contributed by atoms with E-state index in [1.807, 2.05) is 25.3 Å². The van der Waals surface area contributed by atoms with E-state index in [0.717, 1.165) is 27.5 Å². The maximum absolute atomic E-state index is 12.3. The van der Waals surface area contributed by atoms with Gasteiger partial charge >= 0.3 is 0 Å². The van der Waals surface area contributed by atoms with Crippen LogP contribution in [0, 0.1) is 6.92 Å². The molecule has 0 saturated heterocycles. The van der Waals surface area contributed by atoms with Crippen LogP contribution in [0.4, 0.5) is 0 Å². The topological polar surface area (TPSA) is 57.8 Å². The molecule has 5 heteroatoms. The summed E-state index contributed by atoms with van der Waals surface area (Å²) in [6.45, 7) is 6.71. The van der Waals surface area contributed by atoms with Crippen molar-refractivity contribution >= 4 is 28.1 Å². The largest absolute Gasteiger partial charge is 0.361 e. The molecular formula is C18H21N3OS. The van der Waals surface area contributed by atoms with Crippen LogP contribution in [0.3, 0.4) is 0 Å². The van der Waals surface area contributed by atoms with Crippen LogP contribution in [0.1, 0.15) is 45.7 Å². The molecule has 0 unspecified atom stereocenters. The Morgan fingerprint density at radius 3 is 2.87 bits per heavy atom. The van der Waals surface area contributed by atoms with Gasteiger partial charge in [-0.15, -0.1) is 11.3 Å². The third-order valence-corrected chi connectivity index (χ3v) is 5.32. The summed E-state index contributed by atoms with van der Waals surface area (Å²) in [6.07, 6.45) is 2.83. The number of carbonyl (C=O) groups is 1. The number of benzene rings is 1. The number of aromatic amines is 1. The quantitative estimate of drug-likeness (QED) is 0.743. The minimum Gasteiger partial charge on any atom is -0.361 e. The van der Waals surface area contributed by atoms with Crippen molar-refractivity contribution in [3.05, 3.63) is 51.6 Å². The number of para-hydroxylation sites is 1.